The average molecular weight is 396 g/mol. The van der Waals surface area contributed by atoms with Gasteiger partial charge in [-0.05, 0) is 38.0 Å². The van der Waals surface area contributed by atoms with Crippen LogP contribution in [-0.4, -0.2) is 29.9 Å². The summed E-state index contributed by atoms with van der Waals surface area (Å²) in [4.78, 5) is 29.9. The summed E-state index contributed by atoms with van der Waals surface area (Å²) >= 11 is 0. The summed E-state index contributed by atoms with van der Waals surface area (Å²) < 4.78 is 42.9. The van der Waals surface area contributed by atoms with Crippen molar-refractivity contribution in [3.05, 3.63) is 47.5 Å². The molecule has 0 unspecified atom stereocenters. The second-order valence-electron chi connectivity index (χ2n) is 6.50. The molecule has 7 nitrogen and oxygen atoms in total. The molecule has 0 radical (unpaired) electrons. The molecule has 1 aliphatic rings. The lowest BCUT2D eigenvalue weighted by Crippen LogP contribution is -2.47. The molecule has 0 atom stereocenters. The minimum absolute atomic E-state index is 0.309. The quantitative estimate of drug-likeness (QED) is 0.779. The molecular formula is C18H19F3N4O3. The summed E-state index contributed by atoms with van der Waals surface area (Å²) in [7, 11) is 0. The van der Waals surface area contributed by atoms with Crippen LogP contribution in [0.2, 0.25) is 0 Å². The van der Waals surface area contributed by atoms with Crippen LogP contribution in [0.15, 0.2) is 35.1 Å². The van der Waals surface area contributed by atoms with Crippen LogP contribution in [0.25, 0.3) is 0 Å². The minimum atomic E-state index is -4.42. The highest BCUT2D eigenvalue weighted by atomic mass is 19.4. The predicted molar refractivity (Wildman–Crippen MR) is 93.2 cm³/mol. The number of aryl methyl sites for hydroxylation is 1. The van der Waals surface area contributed by atoms with Gasteiger partial charge in [0.15, 0.2) is 0 Å². The van der Waals surface area contributed by atoms with Gasteiger partial charge in [-0.15, -0.1) is 0 Å². The maximum Gasteiger partial charge on any atom is 0.417 e. The zero-order valence-electron chi connectivity index (χ0n) is 15.0. The van der Waals surface area contributed by atoms with Gasteiger partial charge in [-0.1, -0.05) is 0 Å². The summed E-state index contributed by atoms with van der Waals surface area (Å²) in [5.41, 5.74) is 4.30. The lowest BCUT2D eigenvalue weighted by Gasteiger charge is -2.32. The van der Waals surface area contributed by atoms with E-state index in [1.165, 1.54) is 18.4 Å². The number of hydrogen-bond donors (Lipinski definition) is 2. The SMILES string of the molecule is Cc1occc1C(=O)NNC(=O)C1CCN(c2ccc(C(F)(F)F)cn2)CC1. The number of hydrazine groups is 1. The van der Waals surface area contributed by atoms with Gasteiger partial charge < -0.3 is 9.32 Å². The number of furan rings is 1. The van der Waals surface area contributed by atoms with Gasteiger partial charge in [-0.2, -0.15) is 13.2 Å². The van der Waals surface area contributed by atoms with Gasteiger partial charge in [0.05, 0.1) is 17.4 Å². The van der Waals surface area contributed by atoms with Crippen LogP contribution < -0.4 is 15.8 Å². The maximum absolute atomic E-state index is 12.6. The number of halogens is 3. The van der Waals surface area contributed by atoms with Crippen molar-refractivity contribution in [2.24, 2.45) is 5.92 Å². The van der Waals surface area contributed by atoms with Crippen molar-refractivity contribution in [1.29, 1.82) is 0 Å². The van der Waals surface area contributed by atoms with Crippen molar-refractivity contribution in [1.82, 2.24) is 15.8 Å². The predicted octanol–water partition coefficient (Wildman–Crippen LogP) is 2.68. The number of anilines is 1. The summed E-state index contributed by atoms with van der Waals surface area (Å²) in [5.74, 6) is -0.198. The molecular weight excluding hydrogens is 377 g/mol. The van der Waals surface area contributed by atoms with Crippen LogP contribution >= 0.6 is 0 Å². The van der Waals surface area contributed by atoms with Gasteiger partial charge in [0.1, 0.15) is 11.6 Å². The van der Waals surface area contributed by atoms with Crippen LogP contribution in [0, 0.1) is 12.8 Å². The molecule has 0 aliphatic carbocycles. The van der Waals surface area contributed by atoms with Crippen molar-refractivity contribution >= 4 is 17.6 Å². The number of carbonyl (C=O) groups excluding carboxylic acids is 2. The van der Waals surface area contributed by atoms with Crippen molar-refractivity contribution in [3.8, 4) is 0 Å². The van der Waals surface area contributed by atoms with E-state index in [-0.39, 0.29) is 11.8 Å². The molecule has 0 spiro atoms. The zero-order valence-corrected chi connectivity index (χ0v) is 15.0. The van der Waals surface area contributed by atoms with E-state index in [2.05, 4.69) is 15.8 Å². The third-order valence-corrected chi connectivity index (χ3v) is 4.67. The summed E-state index contributed by atoms with van der Waals surface area (Å²) in [6.45, 7) is 2.60. The average Bonchev–Trinajstić information content (AvgIpc) is 3.11. The van der Waals surface area contributed by atoms with Gasteiger partial charge in [-0.25, -0.2) is 4.98 Å². The number of piperidine rings is 1. The summed E-state index contributed by atoms with van der Waals surface area (Å²) in [6.07, 6.45) is -1.24. The third-order valence-electron chi connectivity index (χ3n) is 4.67. The zero-order chi connectivity index (χ0) is 20.3. The molecule has 0 bridgehead atoms. The number of nitrogens with one attached hydrogen (secondary N) is 2. The highest BCUT2D eigenvalue weighted by Gasteiger charge is 2.31. The van der Waals surface area contributed by atoms with E-state index in [4.69, 9.17) is 4.42 Å². The van der Waals surface area contributed by atoms with Gasteiger partial charge >= 0.3 is 6.18 Å². The number of carbonyl (C=O) groups is 2. The maximum atomic E-state index is 12.6. The number of nitrogens with zero attached hydrogens (tertiary/aromatic N) is 2. The molecule has 1 saturated heterocycles. The number of amides is 2. The second-order valence-corrected chi connectivity index (χ2v) is 6.50. The van der Waals surface area contributed by atoms with E-state index < -0.39 is 17.6 Å². The molecule has 10 heteroatoms. The number of alkyl halides is 3. The fourth-order valence-electron chi connectivity index (χ4n) is 3.02. The molecule has 2 N–H and O–H groups in total. The Balaban J connectivity index is 1.49. The topological polar surface area (TPSA) is 87.5 Å². The first-order valence-electron chi connectivity index (χ1n) is 8.68. The molecule has 0 aromatic carbocycles. The highest BCUT2D eigenvalue weighted by Crippen LogP contribution is 2.30. The molecule has 2 aromatic heterocycles. The molecule has 3 heterocycles. The summed E-state index contributed by atoms with van der Waals surface area (Å²) in [5, 5.41) is 0. The second kappa shape index (κ2) is 7.91. The van der Waals surface area contributed by atoms with Gasteiger partial charge in [-0.3, -0.25) is 20.4 Å². The molecule has 150 valence electrons. The van der Waals surface area contributed by atoms with E-state index >= 15 is 0 Å². The smallest absolute Gasteiger partial charge is 0.417 e. The fourth-order valence-corrected chi connectivity index (χ4v) is 3.02. The first-order chi connectivity index (χ1) is 13.3. The minimum Gasteiger partial charge on any atom is -0.469 e. The van der Waals surface area contributed by atoms with E-state index in [1.807, 2.05) is 4.90 Å². The largest absolute Gasteiger partial charge is 0.469 e. The van der Waals surface area contributed by atoms with Crippen LogP contribution in [-0.2, 0) is 11.0 Å². The van der Waals surface area contributed by atoms with Crippen LogP contribution in [0.3, 0.4) is 0 Å². The molecule has 2 amide bonds. The molecule has 3 rings (SSSR count). The highest BCUT2D eigenvalue weighted by molar-refractivity contribution is 5.96. The van der Waals surface area contributed by atoms with Gasteiger partial charge in [0, 0.05) is 25.2 Å². The number of pyridine rings is 1. The number of rotatable bonds is 3. The number of aromatic nitrogens is 1. The number of hydrogen-bond acceptors (Lipinski definition) is 5. The third kappa shape index (κ3) is 4.44. The Morgan fingerprint density at radius 1 is 1.18 bits per heavy atom. The van der Waals surface area contributed by atoms with Crippen LogP contribution in [0.4, 0.5) is 19.0 Å². The van der Waals surface area contributed by atoms with Crippen LogP contribution in [0.1, 0.15) is 34.5 Å². The molecule has 1 fully saturated rings. The standard InChI is InChI=1S/C18H19F3N4O3/c1-11-14(6-9-28-11)17(27)24-23-16(26)12-4-7-25(8-5-12)15-3-2-13(10-22-15)18(19,20)21/h2-3,6,9-10,12H,4-5,7-8H2,1H3,(H,23,26)(H,24,27). The van der Waals surface area contributed by atoms with Crippen molar-refractivity contribution in [2.75, 3.05) is 18.0 Å². The Morgan fingerprint density at radius 3 is 2.43 bits per heavy atom. The summed E-state index contributed by atoms with van der Waals surface area (Å²) in [6, 6.07) is 3.83. The first-order valence-corrected chi connectivity index (χ1v) is 8.68. The Morgan fingerprint density at radius 2 is 1.89 bits per heavy atom. The Labute approximate surface area is 158 Å². The van der Waals surface area contributed by atoms with E-state index in [1.54, 1.807) is 6.92 Å². The van der Waals surface area contributed by atoms with E-state index in [9.17, 15) is 22.8 Å². The lowest BCUT2D eigenvalue weighted by atomic mass is 9.96. The van der Waals surface area contributed by atoms with Crippen molar-refractivity contribution in [3.63, 3.8) is 0 Å². The first kappa shape index (κ1) is 19.7. The van der Waals surface area contributed by atoms with Crippen molar-refractivity contribution in [2.45, 2.75) is 25.9 Å². The lowest BCUT2D eigenvalue weighted by molar-refractivity contribution is -0.137. The molecule has 1 aliphatic heterocycles. The molecule has 2 aromatic rings. The Kier molecular flexibility index (Phi) is 5.57. The monoisotopic (exact) mass is 396 g/mol. The van der Waals surface area contributed by atoms with Gasteiger partial charge in [0.2, 0.25) is 5.91 Å². The normalized spacial score (nSPS) is 15.4. The molecule has 28 heavy (non-hydrogen) atoms. The molecule has 0 saturated carbocycles. The van der Waals surface area contributed by atoms with Crippen molar-refractivity contribution < 1.29 is 27.2 Å². The van der Waals surface area contributed by atoms with E-state index in [0.29, 0.717) is 43.1 Å². The fraction of sp³-hybridized carbons (Fsp3) is 0.389. The van der Waals surface area contributed by atoms with Crippen LogP contribution in [0.5, 0.6) is 0 Å². The Bertz CT molecular complexity index is 841. The van der Waals surface area contributed by atoms with Gasteiger partial charge in [0.25, 0.3) is 5.91 Å². The Hall–Kier alpha value is -3.04. The van der Waals surface area contributed by atoms with E-state index in [0.717, 1.165) is 12.3 Å².